The van der Waals surface area contributed by atoms with Crippen LogP contribution in [0.15, 0.2) is 34.6 Å². The monoisotopic (exact) mass is 331 g/mol. The van der Waals surface area contributed by atoms with Gasteiger partial charge in [0.2, 0.25) is 0 Å². The Morgan fingerprint density at radius 3 is 3.04 bits per heavy atom. The Labute approximate surface area is 139 Å². The smallest absolute Gasteiger partial charge is 0.251 e. The highest BCUT2D eigenvalue weighted by molar-refractivity contribution is 7.10. The number of amides is 1. The van der Waals surface area contributed by atoms with Crippen molar-refractivity contribution >= 4 is 17.2 Å². The number of nitrogens with one attached hydrogen (secondary N) is 1. The molecular formula is C17H21N3O2S. The minimum absolute atomic E-state index is 0.174. The van der Waals surface area contributed by atoms with Crippen molar-refractivity contribution in [2.45, 2.75) is 25.9 Å². The number of rotatable bonds is 4. The summed E-state index contributed by atoms with van der Waals surface area (Å²) in [4.78, 5) is 27.6. The van der Waals surface area contributed by atoms with Crippen LogP contribution in [0.3, 0.4) is 0 Å². The van der Waals surface area contributed by atoms with E-state index in [0.29, 0.717) is 12.1 Å². The van der Waals surface area contributed by atoms with Gasteiger partial charge in [0.25, 0.3) is 11.5 Å². The number of pyridine rings is 1. The minimum Gasteiger partial charge on any atom is -0.350 e. The van der Waals surface area contributed by atoms with E-state index < -0.39 is 0 Å². The molecule has 0 aromatic carbocycles. The molecule has 2 aromatic heterocycles. The summed E-state index contributed by atoms with van der Waals surface area (Å²) in [7, 11) is 1.67. The maximum absolute atomic E-state index is 12.2. The van der Waals surface area contributed by atoms with Gasteiger partial charge in [0, 0.05) is 55.4 Å². The van der Waals surface area contributed by atoms with Crippen molar-refractivity contribution in [1.82, 2.24) is 14.8 Å². The average Bonchev–Trinajstić information content (AvgIpc) is 3.02. The van der Waals surface area contributed by atoms with E-state index in [1.807, 2.05) is 11.3 Å². The van der Waals surface area contributed by atoms with Gasteiger partial charge in [0.05, 0.1) is 0 Å². The third-order valence-corrected chi connectivity index (χ3v) is 5.41. The SMILES string of the molecule is C[C@H](CNC(=O)c1ccn(C)c(=O)c1)N1CCc2sccc2C1. The van der Waals surface area contributed by atoms with E-state index in [4.69, 9.17) is 0 Å². The van der Waals surface area contributed by atoms with Crippen molar-refractivity contribution in [2.75, 3.05) is 13.1 Å². The summed E-state index contributed by atoms with van der Waals surface area (Å²) in [5.74, 6) is -0.192. The molecule has 0 bridgehead atoms. The quantitative estimate of drug-likeness (QED) is 0.926. The molecule has 1 amide bonds. The molecule has 1 N–H and O–H groups in total. The summed E-state index contributed by atoms with van der Waals surface area (Å²) in [6.07, 6.45) is 2.70. The highest BCUT2D eigenvalue weighted by atomic mass is 32.1. The zero-order valence-electron chi connectivity index (χ0n) is 13.4. The second-order valence-electron chi connectivity index (χ2n) is 6.01. The predicted molar refractivity (Wildman–Crippen MR) is 91.9 cm³/mol. The van der Waals surface area contributed by atoms with Gasteiger partial charge in [-0.25, -0.2) is 0 Å². The molecule has 0 radical (unpaired) electrons. The lowest BCUT2D eigenvalue weighted by atomic mass is 10.1. The highest BCUT2D eigenvalue weighted by Gasteiger charge is 2.21. The van der Waals surface area contributed by atoms with E-state index in [9.17, 15) is 9.59 Å². The van der Waals surface area contributed by atoms with Gasteiger partial charge in [-0.1, -0.05) is 0 Å². The molecule has 2 aromatic rings. The lowest BCUT2D eigenvalue weighted by Crippen LogP contribution is -2.44. The number of hydrogen-bond acceptors (Lipinski definition) is 4. The van der Waals surface area contributed by atoms with Crippen LogP contribution in [0.1, 0.15) is 27.7 Å². The van der Waals surface area contributed by atoms with Gasteiger partial charge in [-0.15, -0.1) is 11.3 Å². The van der Waals surface area contributed by atoms with Gasteiger partial charge >= 0.3 is 0 Å². The summed E-state index contributed by atoms with van der Waals surface area (Å²) < 4.78 is 1.45. The molecule has 122 valence electrons. The summed E-state index contributed by atoms with van der Waals surface area (Å²) in [6, 6.07) is 5.49. The van der Waals surface area contributed by atoms with Crippen molar-refractivity contribution in [3.8, 4) is 0 Å². The molecule has 1 aliphatic heterocycles. The maximum atomic E-state index is 12.2. The molecule has 6 heteroatoms. The number of fused-ring (bicyclic) bond motifs is 1. The minimum atomic E-state index is -0.192. The van der Waals surface area contributed by atoms with E-state index in [-0.39, 0.29) is 17.5 Å². The number of carbonyl (C=O) groups is 1. The van der Waals surface area contributed by atoms with Crippen LogP contribution < -0.4 is 10.9 Å². The predicted octanol–water partition coefficient (Wildman–Crippen LogP) is 1.62. The van der Waals surface area contributed by atoms with E-state index in [2.05, 4.69) is 28.6 Å². The molecule has 0 unspecified atom stereocenters. The number of hydrogen-bond donors (Lipinski definition) is 1. The van der Waals surface area contributed by atoms with E-state index >= 15 is 0 Å². The third kappa shape index (κ3) is 3.54. The first-order chi connectivity index (χ1) is 11.0. The normalized spacial score (nSPS) is 15.9. The van der Waals surface area contributed by atoms with Crippen molar-refractivity contribution in [2.24, 2.45) is 7.05 Å². The second-order valence-corrected chi connectivity index (χ2v) is 7.01. The fourth-order valence-corrected chi connectivity index (χ4v) is 3.70. The van der Waals surface area contributed by atoms with Crippen LogP contribution in [0.5, 0.6) is 0 Å². The number of carbonyl (C=O) groups excluding carboxylic acids is 1. The van der Waals surface area contributed by atoms with Crippen LogP contribution in [0.25, 0.3) is 0 Å². The molecule has 0 aliphatic carbocycles. The fraction of sp³-hybridized carbons (Fsp3) is 0.412. The summed E-state index contributed by atoms with van der Waals surface area (Å²) >= 11 is 1.83. The Hall–Kier alpha value is -1.92. The number of aromatic nitrogens is 1. The summed E-state index contributed by atoms with van der Waals surface area (Å²) in [5.41, 5.74) is 1.65. The van der Waals surface area contributed by atoms with Crippen molar-refractivity contribution in [3.05, 3.63) is 56.1 Å². The van der Waals surface area contributed by atoms with Crippen LogP contribution in [0.4, 0.5) is 0 Å². The molecule has 3 rings (SSSR count). The largest absolute Gasteiger partial charge is 0.350 e. The molecule has 3 heterocycles. The van der Waals surface area contributed by atoms with Crippen LogP contribution in [-0.2, 0) is 20.0 Å². The lowest BCUT2D eigenvalue weighted by molar-refractivity contribution is 0.0932. The molecule has 0 fully saturated rings. The van der Waals surface area contributed by atoms with Gasteiger partial charge in [-0.3, -0.25) is 14.5 Å². The Bertz CT molecular complexity index is 765. The molecule has 23 heavy (non-hydrogen) atoms. The molecule has 0 spiro atoms. The van der Waals surface area contributed by atoms with Crippen molar-refractivity contribution < 1.29 is 4.79 Å². The van der Waals surface area contributed by atoms with E-state index in [1.54, 1.807) is 19.3 Å². The van der Waals surface area contributed by atoms with Gasteiger partial charge in [-0.05, 0) is 36.4 Å². The average molecular weight is 331 g/mol. The number of thiophene rings is 1. The maximum Gasteiger partial charge on any atom is 0.251 e. The van der Waals surface area contributed by atoms with Crippen LogP contribution in [0.2, 0.25) is 0 Å². The zero-order valence-corrected chi connectivity index (χ0v) is 14.2. The third-order valence-electron chi connectivity index (χ3n) is 4.39. The Morgan fingerprint density at radius 1 is 1.43 bits per heavy atom. The molecule has 1 atom stereocenters. The second kappa shape index (κ2) is 6.68. The van der Waals surface area contributed by atoms with Crippen LogP contribution >= 0.6 is 11.3 Å². The van der Waals surface area contributed by atoms with Crippen molar-refractivity contribution in [3.63, 3.8) is 0 Å². The van der Waals surface area contributed by atoms with E-state index in [0.717, 1.165) is 19.5 Å². The first-order valence-electron chi connectivity index (χ1n) is 7.79. The molecule has 5 nitrogen and oxygen atoms in total. The molecule has 0 saturated carbocycles. The number of nitrogens with zero attached hydrogens (tertiary/aromatic N) is 2. The van der Waals surface area contributed by atoms with Crippen molar-refractivity contribution in [1.29, 1.82) is 0 Å². The molecule has 1 aliphatic rings. The summed E-state index contributed by atoms with van der Waals surface area (Å²) in [6.45, 7) is 4.67. The van der Waals surface area contributed by atoms with Crippen LogP contribution in [-0.4, -0.2) is 34.5 Å². The first kappa shape index (κ1) is 16.0. The summed E-state index contributed by atoms with van der Waals surface area (Å²) in [5, 5.41) is 5.08. The zero-order chi connectivity index (χ0) is 16.4. The van der Waals surface area contributed by atoms with Crippen LogP contribution in [0, 0.1) is 0 Å². The Morgan fingerprint density at radius 2 is 2.26 bits per heavy atom. The van der Waals surface area contributed by atoms with Gasteiger partial charge in [0.1, 0.15) is 0 Å². The van der Waals surface area contributed by atoms with Gasteiger partial charge < -0.3 is 9.88 Å². The Kier molecular flexibility index (Phi) is 4.63. The van der Waals surface area contributed by atoms with E-state index in [1.165, 1.54) is 21.1 Å². The van der Waals surface area contributed by atoms with Gasteiger partial charge in [-0.2, -0.15) is 0 Å². The fourth-order valence-electron chi connectivity index (χ4n) is 2.81. The molecule has 0 saturated heterocycles. The highest BCUT2D eigenvalue weighted by Crippen LogP contribution is 2.24. The topological polar surface area (TPSA) is 54.3 Å². The first-order valence-corrected chi connectivity index (χ1v) is 8.67. The Balaban J connectivity index is 1.56. The standard InChI is InChI=1S/C17H21N3O2S/c1-12(20-7-4-15-14(11-20)5-8-23-15)10-18-17(22)13-3-6-19(2)16(21)9-13/h3,5-6,8-9,12H,4,7,10-11H2,1-2H3,(H,18,22)/t12-/m1/s1. The number of aryl methyl sites for hydroxylation is 1. The van der Waals surface area contributed by atoms with Gasteiger partial charge in [0.15, 0.2) is 0 Å². The lowest BCUT2D eigenvalue weighted by Gasteiger charge is -2.32. The molecular weight excluding hydrogens is 310 g/mol.